The van der Waals surface area contributed by atoms with Gasteiger partial charge in [0.25, 0.3) is 0 Å². The number of aryl methyl sites for hydroxylation is 1. The monoisotopic (exact) mass is 463 g/mol. The van der Waals surface area contributed by atoms with Crippen molar-refractivity contribution in [3.63, 3.8) is 0 Å². The summed E-state index contributed by atoms with van der Waals surface area (Å²) in [4.78, 5) is 28.3. The van der Waals surface area contributed by atoms with Gasteiger partial charge in [-0.25, -0.2) is 13.3 Å². The number of nitrogens with one attached hydrogen (secondary N) is 2. The fourth-order valence-corrected chi connectivity index (χ4v) is 4.19. The molecule has 0 aromatic heterocycles. The van der Waals surface area contributed by atoms with Gasteiger partial charge >= 0.3 is 0 Å². The zero-order valence-electron chi connectivity index (χ0n) is 18.5. The standard InChI is InChI=1S/C25H25N3O4S/c1-17(21-12-6-9-18-8-4-5-11-22(18)21)25(30)27-23-16-20(26-2)15-14-19(23)10-7-13-24(29)28-33(3,31)32/h4-6,8-9,11-12,14-17H,7,10,13H2,1,3H3,(H,27,30)(H,28,29). The lowest BCUT2D eigenvalue weighted by Crippen LogP contribution is -2.29. The van der Waals surface area contributed by atoms with E-state index in [0.717, 1.165) is 28.2 Å². The molecule has 1 unspecified atom stereocenters. The molecule has 0 saturated carbocycles. The first-order chi connectivity index (χ1) is 15.7. The molecule has 3 aromatic rings. The molecule has 2 amide bonds. The van der Waals surface area contributed by atoms with Crippen LogP contribution in [-0.2, 0) is 26.0 Å². The number of nitrogens with zero attached hydrogens (tertiary/aromatic N) is 1. The minimum Gasteiger partial charge on any atom is -0.326 e. The molecule has 1 atom stereocenters. The van der Waals surface area contributed by atoms with Gasteiger partial charge < -0.3 is 5.32 Å². The maximum absolute atomic E-state index is 13.1. The molecule has 2 N–H and O–H groups in total. The average molecular weight is 464 g/mol. The van der Waals surface area contributed by atoms with Crippen LogP contribution >= 0.6 is 0 Å². The van der Waals surface area contributed by atoms with Gasteiger partial charge in [-0.3, -0.25) is 14.3 Å². The lowest BCUT2D eigenvalue weighted by Gasteiger charge is -2.17. The second-order valence-electron chi connectivity index (χ2n) is 7.88. The second kappa shape index (κ2) is 10.3. The molecule has 3 rings (SSSR count). The van der Waals surface area contributed by atoms with Crippen molar-refractivity contribution < 1.29 is 18.0 Å². The van der Waals surface area contributed by atoms with Gasteiger partial charge in [0.2, 0.25) is 21.8 Å². The Morgan fingerprint density at radius 3 is 2.52 bits per heavy atom. The number of benzene rings is 3. The van der Waals surface area contributed by atoms with Gasteiger partial charge in [-0.1, -0.05) is 54.6 Å². The van der Waals surface area contributed by atoms with Crippen molar-refractivity contribution in [3.8, 4) is 0 Å². The number of carbonyl (C=O) groups is 2. The van der Waals surface area contributed by atoms with Crippen LogP contribution in [0.3, 0.4) is 0 Å². The minimum absolute atomic E-state index is 0.0252. The maximum atomic E-state index is 13.1. The van der Waals surface area contributed by atoms with E-state index < -0.39 is 21.8 Å². The molecule has 0 aliphatic heterocycles. The van der Waals surface area contributed by atoms with E-state index in [4.69, 9.17) is 6.57 Å². The minimum atomic E-state index is -3.59. The third-order valence-electron chi connectivity index (χ3n) is 5.31. The molecule has 33 heavy (non-hydrogen) atoms. The Balaban J connectivity index is 1.77. The molecule has 0 aliphatic carbocycles. The summed E-state index contributed by atoms with van der Waals surface area (Å²) in [5.74, 6) is -1.21. The largest absolute Gasteiger partial charge is 0.326 e. The van der Waals surface area contributed by atoms with E-state index in [-0.39, 0.29) is 12.3 Å². The maximum Gasteiger partial charge on any atom is 0.233 e. The Kier molecular flexibility index (Phi) is 7.46. The predicted octanol–water partition coefficient (Wildman–Crippen LogP) is 4.53. The van der Waals surface area contributed by atoms with E-state index in [1.54, 1.807) is 18.2 Å². The van der Waals surface area contributed by atoms with Gasteiger partial charge in [0.05, 0.1) is 18.7 Å². The fraction of sp³-hybridized carbons (Fsp3) is 0.240. The van der Waals surface area contributed by atoms with Crippen molar-refractivity contribution in [2.75, 3.05) is 11.6 Å². The van der Waals surface area contributed by atoms with Crippen molar-refractivity contribution in [2.45, 2.75) is 32.1 Å². The third-order valence-corrected chi connectivity index (χ3v) is 5.91. The summed E-state index contributed by atoms with van der Waals surface area (Å²) in [5, 5.41) is 5.01. The molecule has 0 bridgehead atoms. The second-order valence-corrected chi connectivity index (χ2v) is 9.63. The summed E-state index contributed by atoms with van der Waals surface area (Å²) in [7, 11) is -3.59. The Morgan fingerprint density at radius 1 is 1.06 bits per heavy atom. The van der Waals surface area contributed by atoms with Gasteiger partial charge in [0, 0.05) is 12.1 Å². The highest BCUT2D eigenvalue weighted by Crippen LogP contribution is 2.29. The van der Waals surface area contributed by atoms with E-state index in [0.29, 0.717) is 24.2 Å². The molecule has 7 nitrogen and oxygen atoms in total. The number of rotatable bonds is 8. The molecule has 3 aromatic carbocycles. The van der Waals surface area contributed by atoms with Crippen LogP contribution in [0, 0.1) is 6.57 Å². The molecule has 0 saturated heterocycles. The smallest absolute Gasteiger partial charge is 0.233 e. The van der Waals surface area contributed by atoms with Gasteiger partial charge in [0.15, 0.2) is 5.69 Å². The quantitative estimate of drug-likeness (QED) is 0.480. The van der Waals surface area contributed by atoms with Gasteiger partial charge in [-0.15, -0.1) is 0 Å². The third kappa shape index (κ3) is 6.40. The van der Waals surface area contributed by atoms with Crippen molar-refractivity contribution in [2.24, 2.45) is 0 Å². The van der Waals surface area contributed by atoms with Crippen LogP contribution in [0.1, 0.15) is 36.8 Å². The SMILES string of the molecule is [C-]#[N+]c1ccc(CCCC(=O)NS(C)(=O)=O)c(NC(=O)C(C)c2cccc3ccccc23)c1. The summed E-state index contributed by atoms with van der Waals surface area (Å²) in [5.41, 5.74) is 2.59. The molecular weight excluding hydrogens is 438 g/mol. The van der Waals surface area contributed by atoms with Crippen LogP contribution in [0.4, 0.5) is 11.4 Å². The van der Waals surface area contributed by atoms with Gasteiger partial charge in [-0.05, 0) is 47.7 Å². The van der Waals surface area contributed by atoms with Crippen LogP contribution in [0.25, 0.3) is 15.6 Å². The predicted molar refractivity (Wildman–Crippen MR) is 130 cm³/mol. The normalized spacial score (nSPS) is 12.0. The topological polar surface area (TPSA) is 96.7 Å². The number of sulfonamides is 1. The Hall–Kier alpha value is -3.70. The molecule has 0 aliphatic rings. The van der Waals surface area contributed by atoms with E-state index in [1.165, 1.54) is 0 Å². The van der Waals surface area contributed by atoms with Crippen LogP contribution in [0.2, 0.25) is 0 Å². The van der Waals surface area contributed by atoms with Crippen LogP contribution in [0.15, 0.2) is 60.7 Å². The molecule has 0 heterocycles. The average Bonchev–Trinajstić information content (AvgIpc) is 2.77. The van der Waals surface area contributed by atoms with Gasteiger partial charge in [0.1, 0.15) is 0 Å². The highest BCUT2D eigenvalue weighted by Gasteiger charge is 2.19. The summed E-state index contributed by atoms with van der Waals surface area (Å²) in [6.07, 6.45) is 1.78. The van der Waals surface area contributed by atoms with E-state index >= 15 is 0 Å². The summed E-state index contributed by atoms with van der Waals surface area (Å²) in [6, 6.07) is 18.8. The summed E-state index contributed by atoms with van der Waals surface area (Å²) >= 11 is 0. The Bertz CT molecular complexity index is 1340. The molecule has 170 valence electrons. The Labute approximate surface area is 193 Å². The zero-order valence-corrected chi connectivity index (χ0v) is 19.3. The van der Waals surface area contributed by atoms with Crippen molar-refractivity contribution in [1.29, 1.82) is 0 Å². The number of hydrogen-bond acceptors (Lipinski definition) is 4. The van der Waals surface area contributed by atoms with E-state index in [9.17, 15) is 18.0 Å². The molecule has 0 fully saturated rings. The molecule has 0 spiro atoms. The van der Waals surface area contributed by atoms with Crippen molar-refractivity contribution >= 4 is 44.0 Å². The summed E-state index contributed by atoms with van der Waals surface area (Å²) in [6.45, 7) is 9.12. The van der Waals surface area contributed by atoms with Crippen LogP contribution in [-0.4, -0.2) is 26.5 Å². The van der Waals surface area contributed by atoms with Crippen LogP contribution in [0.5, 0.6) is 0 Å². The van der Waals surface area contributed by atoms with E-state index in [1.807, 2.05) is 54.1 Å². The number of carbonyl (C=O) groups excluding carboxylic acids is 2. The number of anilines is 1. The number of fused-ring (bicyclic) bond motifs is 1. The van der Waals surface area contributed by atoms with Gasteiger partial charge in [-0.2, -0.15) is 0 Å². The highest BCUT2D eigenvalue weighted by atomic mass is 32.2. The first kappa shape index (κ1) is 24.0. The molecule has 0 radical (unpaired) electrons. The fourth-order valence-electron chi connectivity index (χ4n) is 3.68. The molecular formula is C25H25N3O4S. The zero-order chi connectivity index (χ0) is 24.0. The van der Waals surface area contributed by atoms with Crippen molar-refractivity contribution in [3.05, 3.63) is 83.2 Å². The highest BCUT2D eigenvalue weighted by molar-refractivity contribution is 7.89. The first-order valence-corrected chi connectivity index (χ1v) is 12.4. The summed E-state index contributed by atoms with van der Waals surface area (Å²) < 4.78 is 24.3. The Morgan fingerprint density at radius 2 is 1.79 bits per heavy atom. The van der Waals surface area contributed by atoms with E-state index in [2.05, 4.69) is 10.2 Å². The first-order valence-electron chi connectivity index (χ1n) is 10.5. The molecule has 8 heteroatoms. The lowest BCUT2D eigenvalue weighted by atomic mass is 9.94. The van der Waals surface area contributed by atoms with Crippen molar-refractivity contribution in [1.82, 2.24) is 4.72 Å². The lowest BCUT2D eigenvalue weighted by molar-refractivity contribution is -0.119. The number of hydrogen-bond donors (Lipinski definition) is 2. The number of amides is 2. The van der Waals surface area contributed by atoms with Crippen LogP contribution < -0.4 is 10.0 Å².